The van der Waals surface area contributed by atoms with E-state index in [4.69, 9.17) is 4.74 Å². The van der Waals surface area contributed by atoms with Crippen LogP contribution in [0.5, 0.6) is 5.75 Å². The van der Waals surface area contributed by atoms with Crippen molar-refractivity contribution < 1.29 is 4.74 Å². The van der Waals surface area contributed by atoms with Crippen LogP contribution in [-0.2, 0) is 13.2 Å². The SMILES string of the molecule is CC(C)NCc1cccc(COc2cccc(I)c2)c1. The van der Waals surface area contributed by atoms with E-state index < -0.39 is 0 Å². The van der Waals surface area contributed by atoms with Crippen LogP contribution in [0.4, 0.5) is 0 Å². The van der Waals surface area contributed by atoms with Gasteiger partial charge in [-0.05, 0) is 51.9 Å². The fourth-order valence-electron chi connectivity index (χ4n) is 1.87. The van der Waals surface area contributed by atoms with Crippen LogP contribution in [0.25, 0.3) is 0 Å². The maximum absolute atomic E-state index is 5.83. The molecule has 0 amide bonds. The van der Waals surface area contributed by atoms with Crippen molar-refractivity contribution in [3.8, 4) is 5.75 Å². The predicted octanol–water partition coefficient (Wildman–Crippen LogP) is 4.37. The van der Waals surface area contributed by atoms with Crippen molar-refractivity contribution in [2.75, 3.05) is 0 Å². The van der Waals surface area contributed by atoms with Gasteiger partial charge in [0.05, 0.1) is 0 Å². The van der Waals surface area contributed by atoms with Gasteiger partial charge in [-0.25, -0.2) is 0 Å². The number of halogens is 1. The van der Waals surface area contributed by atoms with Gasteiger partial charge in [0.1, 0.15) is 12.4 Å². The summed E-state index contributed by atoms with van der Waals surface area (Å²) in [5.41, 5.74) is 2.49. The monoisotopic (exact) mass is 381 g/mol. The Balaban J connectivity index is 1.94. The average Bonchev–Trinajstić information content (AvgIpc) is 2.43. The standard InChI is InChI=1S/C17H20INO/c1-13(2)19-11-14-5-3-6-15(9-14)12-20-17-8-4-7-16(18)10-17/h3-10,13,19H,11-12H2,1-2H3. The Morgan fingerprint density at radius 3 is 2.55 bits per heavy atom. The lowest BCUT2D eigenvalue weighted by Gasteiger charge is -2.10. The Labute approximate surface area is 134 Å². The van der Waals surface area contributed by atoms with E-state index in [9.17, 15) is 0 Å². The highest BCUT2D eigenvalue weighted by atomic mass is 127. The summed E-state index contributed by atoms with van der Waals surface area (Å²) >= 11 is 2.29. The highest BCUT2D eigenvalue weighted by Gasteiger charge is 2.00. The molecule has 0 atom stereocenters. The fraction of sp³-hybridized carbons (Fsp3) is 0.294. The molecule has 1 N–H and O–H groups in total. The summed E-state index contributed by atoms with van der Waals surface area (Å²) in [6.07, 6.45) is 0. The van der Waals surface area contributed by atoms with E-state index in [1.165, 1.54) is 14.7 Å². The van der Waals surface area contributed by atoms with Gasteiger partial charge in [-0.15, -0.1) is 0 Å². The van der Waals surface area contributed by atoms with E-state index in [2.05, 4.69) is 72.1 Å². The molecule has 0 bridgehead atoms. The molecule has 2 aromatic rings. The summed E-state index contributed by atoms with van der Waals surface area (Å²) in [4.78, 5) is 0. The van der Waals surface area contributed by atoms with Crippen LogP contribution in [0.1, 0.15) is 25.0 Å². The third-order valence-corrected chi connectivity index (χ3v) is 3.58. The van der Waals surface area contributed by atoms with Gasteiger partial charge in [-0.1, -0.05) is 44.2 Å². The molecule has 3 heteroatoms. The quantitative estimate of drug-likeness (QED) is 0.751. The molecular formula is C17H20INO. The van der Waals surface area contributed by atoms with Crippen LogP contribution in [0, 0.1) is 3.57 Å². The summed E-state index contributed by atoms with van der Waals surface area (Å²) in [7, 11) is 0. The number of benzene rings is 2. The molecule has 0 spiro atoms. The lowest BCUT2D eigenvalue weighted by Crippen LogP contribution is -2.21. The number of nitrogens with one attached hydrogen (secondary N) is 1. The molecule has 0 saturated heterocycles. The minimum Gasteiger partial charge on any atom is -0.489 e. The summed E-state index contributed by atoms with van der Waals surface area (Å²) < 4.78 is 7.02. The third-order valence-electron chi connectivity index (χ3n) is 2.91. The van der Waals surface area contributed by atoms with Gasteiger partial charge < -0.3 is 10.1 Å². The van der Waals surface area contributed by atoms with Gasteiger partial charge in [0, 0.05) is 16.2 Å². The van der Waals surface area contributed by atoms with Crippen LogP contribution >= 0.6 is 22.6 Å². The molecule has 2 aromatic carbocycles. The van der Waals surface area contributed by atoms with Gasteiger partial charge in [-0.3, -0.25) is 0 Å². The molecule has 0 unspecified atom stereocenters. The zero-order valence-corrected chi connectivity index (χ0v) is 14.1. The largest absolute Gasteiger partial charge is 0.489 e. The maximum atomic E-state index is 5.83. The highest BCUT2D eigenvalue weighted by Crippen LogP contribution is 2.16. The van der Waals surface area contributed by atoms with Crippen LogP contribution in [0.2, 0.25) is 0 Å². The fourth-order valence-corrected chi connectivity index (χ4v) is 2.39. The Kier molecular flexibility index (Phi) is 5.86. The zero-order valence-electron chi connectivity index (χ0n) is 11.9. The molecule has 0 heterocycles. The summed E-state index contributed by atoms with van der Waals surface area (Å²) in [6.45, 7) is 5.82. The minimum atomic E-state index is 0.501. The van der Waals surface area contributed by atoms with Gasteiger partial charge in [0.25, 0.3) is 0 Å². The second kappa shape index (κ2) is 7.64. The van der Waals surface area contributed by atoms with E-state index >= 15 is 0 Å². The van der Waals surface area contributed by atoms with Crippen LogP contribution in [0.3, 0.4) is 0 Å². The summed E-state index contributed by atoms with van der Waals surface area (Å²) in [5.74, 6) is 0.919. The van der Waals surface area contributed by atoms with Crippen molar-refractivity contribution in [2.45, 2.75) is 33.0 Å². The first-order valence-corrected chi connectivity index (χ1v) is 7.91. The van der Waals surface area contributed by atoms with Gasteiger partial charge >= 0.3 is 0 Å². The van der Waals surface area contributed by atoms with Crippen molar-refractivity contribution in [3.05, 3.63) is 63.2 Å². The molecule has 0 fully saturated rings. The highest BCUT2D eigenvalue weighted by molar-refractivity contribution is 14.1. The second-order valence-electron chi connectivity index (χ2n) is 5.10. The lowest BCUT2D eigenvalue weighted by molar-refractivity contribution is 0.306. The van der Waals surface area contributed by atoms with E-state index in [0.29, 0.717) is 12.6 Å². The van der Waals surface area contributed by atoms with Crippen LogP contribution in [0.15, 0.2) is 48.5 Å². The first-order valence-electron chi connectivity index (χ1n) is 6.83. The first kappa shape index (κ1) is 15.3. The van der Waals surface area contributed by atoms with Gasteiger partial charge in [-0.2, -0.15) is 0 Å². The molecule has 2 nitrogen and oxygen atoms in total. The zero-order chi connectivity index (χ0) is 14.4. The number of hydrogen-bond donors (Lipinski definition) is 1. The summed E-state index contributed by atoms with van der Waals surface area (Å²) in [6, 6.07) is 17.1. The van der Waals surface area contributed by atoms with E-state index in [1.807, 2.05) is 18.2 Å². The maximum Gasteiger partial charge on any atom is 0.120 e. The lowest BCUT2D eigenvalue weighted by atomic mass is 10.1. The topological polar surface area (TPSA) is 21.3 Å². The molecule has 0 aliphatic rings. The average molecular weight is 381 g/mol. The van der Waals surface area contributed by atoms with Gasteiger partial charge in [0.2, 0.25) is 0 Å². The Hall–Kier alpha value is -1.07. The van der Waals surface area contributed by atoms with E-state index in [1.54, 1.807) is 0 Å². The van der Waals surface area contributed by atoms with Crippen molar-refractivity contribution in [3.63, 3.8) is 0 Å². The second-order valence-corrected chi connectivity index (χ2v) is 6.35. The molecule has 0 saturated carbocycles. The normalized spacial score (nSPS) is 10.8. The van der Waals surface area contributed by atoms with Crippen LogP contribution < -0.4 is 10.1 Å². The van der Waals surface area contributed by atoms with Crippen molar-refractivity contribution in [2.24, 2.45) is 0 Å². The molecule has 106 valence electrons. The van der Waals surface area contributed by atoms with Crippen LogP contribution in [-0.4, -0.2) is 6.04 Å². The van der Waals surface area contributed by atoms with Crippen molar-refractivity contribution in [1.82, 2.24) is 5.32 Å². The number of hydrogen-bond acceptors (Lipinski definition) is 2. The van der Waals surface area contributed by atoms with Crippen molar-refractivity contribution in [1.29, 1.82) is 0 Å². The van der Waals surface area contributed by atoms with E-state index in [0.717, 1.165) is 12.3 Å². The summed E-state index contributed by atoms with van der Waals surface area (Å²) in [5, 5.41) is 3.43. The smallest absolute Gasteiger partial charge is 0.120 e. The Bertz CT molecular complexity index is 554. The number of rotatable bonds is 6. The molecule has 0 radical (unpaired) electrons. The Morgan fingerprint density at radius 2 is 1.80 bits per heavy atom. The molecule has 20 heavy (non-hydrogen) atoms. The predicted molar refractivity (Wildman–Crippen MR) is 91.9 cm³/mol. The molecular weight excluding hydrogens is 361 g/mol. The minimum absolute atomic E-state index is 0.501. The van der Waals surface area contributed by atoms with Crippen molar-refractivity contribution >= 4 is 22.6 Å². The molecule has 2 rings (SSSR count). The number of ether oxygens (including phenoxy) is 1. The molecule has 0 aliphatic carbocycles. The van der Waals surface area contributed by atoms with E-state index in [-0.39, 0.29) is 0 Å². The molecule has 0 aromatic heterocycles. The first-order chi connectivity index (χ1) is 9.63. The van der Waals surface area contributed by atoms with Gasteiger partial charge in [0.15, 0.2) is 0 Å². The Morgan fingerprint density at radius 1 is 1.05 bits per heavy atom. The molecule has 0 aliphatic heterocycles. The third kappa shape index (κ3) is 5.13.